The van der Waals surface area contributed by atoms with Gasteiger partial charge in [0, 0.05) is 18.9 Å². The molecule has 0 spiro atoms. The van der Waals surface area contributed by atoms with Crippen LogP contribution in [0.5, 0.6) is 0 Å². The van der Waals surface area contributed by atoms with Crippen LogP contribution in [0.2, 0.25) is 0 Å². The van der Waals surface area contributed by atoms with Gasteiger partial charge in [-0.15, -0.1) is 0 Å². The van der Waals surface area contributed by atoms with E-state index in [1.54, 1.807) is 6.92 Å². The fourth-order valence-corrected chi connectivity index (χ4v) is 1.10. The average Bonchev–Trinajstić information content (AvgIpc) is 2.63. The number of amides is 1. The van der Waals surface area contributed by atoms with Crippen LogP contribution in [0.3, 0.4) is 0 Å². The van der Waals surface area contributed by atoms with E-state index in [0.29, 0.717) is 6.54 Å². The molecular weight excluding hydrogens is 142 g/mol. The third-order valence-corrected chi connectivity index (χ3v) is 2.28. The van der Waals surface area contributed by atoms with Crippen LogP contribution in [0, 0.1) is 5.41 Å². The minimum Gasteiger partial charge on any atom is -0.355 e. The van der Waals surface area contributed by atoms with Crippen molar-refractivity contribution in [3.63, 3.8) is 0 Å². The highest BCUT2D eigenvalue weighted by atomic mass is 16.1. The van der Waals surface area contributed by atoms with Crippen molar-refractivity contribution >= 4 is 11.7 Å². The highest BCUT2D eigenvalue weighted by molar-refractivity contribution is 5.86. The quantitative estimate of drug-likeness (QED) is 0.644. The standard InChI is InChI=1S/C8H13NO2/c1-6(10)8(3-4-8)5-9-7(2)11/h3-5H2,1-2H3,(H,9,11). The zero-order chi connectivity index (χ0) is 8.48. The number of carbonyl (C=O) groups excluding carboxylic acids is 2. The Labute approximate surface area is 66.2 Å². The zero-order valence-electron chi connectivity index (χ0n) is 6.94. The molecule has 1 rings (SSSR count). The number of hydrogen-bond donors (Lipinski definition) is 1. The van der Waals surface area contributed by atoms with E-state index in [1.807, 2.05) is 0 Å². The van der Waals surface area contributed by atoms with Gasteiger partial charge in [0.25, 0.3) is 0 Å². The number of rotatable bonds is 3. The van der Waals surface area contributed by atoms with Crippen LogP contribution < -0.4 is 5.32 Å². The van der Waals surface area contributed by atoms with E-state index in [2.05, 4.69) is 5.32 Å². The molecule has 0 heterocycles. The lowest BCUT2D eigenvalue weighted by atomic mass is 10.0. The number of Topliss-reactive ketones (excluding diaryl/α,β-unsaturated/α-hetero) is 1. The van der Waals surface area contributed by atoms with E-state index in [9.17, 15) is 9.59 Å². The molecule has 0 bridgehead atoms. The summed E-state index contributed by atoms with van der Waals surface area (Å²) in [5.74, 6) is 0.142. The molecule has 0 aromatic rings. The van der Waals surface area contributed by atoms with Gasteiger partial charge in [0.1, 0.15) is 5.78 Å². The second-order valence-corrected chi connectivity index (χ2v) is 3.25. The van der Waals surface area contributed by atoms with Crippen LogP contribution >= 0.6 is 0 Å². The van der Waals surface area contributed by atoms with E-state index < -0.39 is 0 Å². The predicted octanol–water partition coefficient (Wildman–Crippen LogP) is 0.492. The summed E-state index contributed by atoms with van der Waals surface area (Å²) >= 11 is 0. The normalized spacial score (nSPS) is 19.1. The van der Waals surface area contributed by atoms with E-state index in [4.69, 9.17) is 0 Å². The maximum absolute atomic E-state index is 11.0. The first-order valence-electron chi connectivity index (χ1n) is 3.82. The van der Waals surface area contributed by atoms with Gasteiger partial charge in [-0.1, -0.05) is 0 Å². The van der Waals surface area contributed by atoms with Crippen LogP contribution in [0.15, 0.2) is 0 Å². The molecule has 1 aliphatic carbocycles. The van der Waals surface area contributed by atoms with Crippen LogP contribution in [0.1, 0.15) is 26.7 Å². The Balaban J connectivity index is 2.36. The summed E-state index contributed by atoms with van der Waals surface area (Å²) in [6.07, 6.45) is 1.87. The lowest BCUT2D eigenvalue weighted by Crippen LogP contribution is -2.31. The van der Waals surface area contributed by atoms with Crippen molar-refractivity contribution in [2.24, 2.45) is 5.41 Å². The topological polar surface area (TPSA) is 46.2 Å². The molecule has 3 heteroatoms. The molecular formula is C8H13NO2. The first-order chi connectivity index (χ1) is 5.07. The van der Waals surface area contributed by atoms with Crippen molar-refractivity contribution < 1.29 is 9.59 Å². The van der Waals surface area contributed by atoms with Crippen molar-refractivity contribution in [1.29, 1.82) is 0 Å². The van der Waals surface area contributed by atoms with Crippen LogP contribution in [0.25, 0.3) is 0 Å². The molecule has 1 amide bonds. The Morgan fingerprint density at radius 3 is 2.18 bits per heavy atom. The summed E-state index contributed by atoms with van der Waals surface area (Å²) in [6.45, 7) is 3.59. The first-order valence-corrected chi connectivity index (χ1v) is 3.82. The highest BCUT2D eigenvalue weighted by Gasteiger charge is 2.46. The molecule has 3 nitrogen and oxygen atoms in total. The molecule has 62 valence electrons. The third-order valence-electron chi connectivity index (χ3n) is 2.28. The zero-order valence-corrected chi connectivity index (χ0v) is 6.94. The first kappa shape index (κ1) is 8.24. The fraction of sp³-hybridized carbons (Fsp3) is 0.750. The molecule has 11 heavy (non-hydrogen) atoms. The van der Waals surface area contributed by atoms with Gasteiger partial charge >= 0.3 is 0 Å². The summed E-state index contributed by atoms with van der Waals surface area (Å²) in [4.78, 5) is 21.5. The Morgan fingerprint density at radius 1 is 1.36 bits per heavy atom. The third kappa shape index (κ3) is 1.79. The lowest BCUT2D eigenvalue weighted by Gasteiger charge is -2.10. The van der Waals surface area contributed by atoms with E-state index in [1.165, 1.54) is 6.92 Å². The number of ketones is 1. The molecule has 0 aromatic heterocycles. The van der Waals surface area contributed by atoms with Crippen molar-refractivity contribution in [3.8, 4) is 0 Å². The molecule has 0 aliphatic heterocycles. The van der Waals surface area contributed by atoms with Crippen LogP contribution in [-0.2, 0) is 9.59 Å². The highest BCUT2D eigenvalue weighted by Crippen LogP contribution is 2.45. The van der Waals surface area contributed by atoms with E-state index in [-0.39, 0.29) is 17.1 Å². The summed E-state index contributed by atoms with van der Waals surface area (Å²) in [6, 6.07) is 0. The van der Waals surface area contributed by atoms with Gasteiger partial charge in [-0.2, -0.15) is 0 Å². The molecule has 1 saturated carbocycles. The van der Waals surface area contributed by atoms with Gasteiger partial charge in [0.2, 0.25) is 5.91 Å². The average molecular weight is 155 g/mol. The fourth-order valence-electron chi connectivity index (χ4n) is 1.10. The van der Waals surface area contributed by atoms with Crippen molar-refractivity contribution in [1.82, 2.24) is 5.32 Å². The van der Waals surface area contributed by atoms with Crippen LogP contribution in [-0.4, -0.2) is 18.2 Å². The minimum atomic E-state index is -0.189. The molecule has 1 aliphatic rings. The van der Waals surface area contributed by atoms with E-state index in [0.717, 1.165) is 12.8 Å². The SMILES string of the molecule is CC(=O)NCC1(C(C)=O)CC1. The molecule has 0 atom stereocenters. The summed E-state index contributed by atoms with van der Waals surface area (Å²) in [5.41, 5.74) is -0.189. The Bertz CT molecular complexity index is 194. The molecule has 0 saturated heterocycles. The molecule has 1 N–H and O–H groups in total. The maximum Gasteiger partial charge on any atom is 0.216 e. The molecule has 1 fully saturated rings. The second kappa shape index (κ2) is 2.64. The summed E-state index contributed by atoms with van der Waals surface area (Å²) in [7, 11) is 0. The van der Waals surface area contributed by atoms with Gasteiger partial charge in [-0.05, 0) is 19.8 Å². The number of carbonyl (C=O) groups is 2. The van der Waals surface area contributed by atoms with Crippen molar-refractivity contribution in [2.75, 3.05) is 6.54 Å². The monoisotopic (exact) mass is 155 g/mol. The predicted molar refractivity (Wildman–Crippen MR) is 41.0 cm³/mol. The largest absolute Gasteiger partial charge is 0.355 e. The summed E-state index contributed by atoms with van der Waals surface area (Å²) in [5, 5.41) is 2.67. The van der Waals surface area contributed by atoms with Crippen molar-refractivity contribution in [3.05, 3.63) is 0 Å². The second-order valence-electron chi connectivity index (χ2n) is 3.25. The number of hydrogen-bond acceptors (Lipinski definition) is 2. The van der Waals surface area contributed by atoms with Gasteiger partial charge in [-0.3, -0.25) is 9.59 Å². The lowest BCUT2D eigenvalue weighted by molar-refractivity contribution is -0.123. The molecule has 0 radical (unpaired) electrons. The Kier molecular flexibility index (Phi) is 1.98. The van der Waals surface area contributed by atoms with Gasteiger partial charge < -0.3 is 5.32 Å². The number of nitrogens with one attached hydrogen (secondary N) is 1. The van der Waals surface area contributed by atoms with Gasteiger partial charge in [0.15, 0.2) is 0 Å². The smallest absolute Gasteiger partial charge is 0.216 e. The Morgan fingerprint density at radius 2 is 1.91 bits per heavy atom. The summed E-state index contributed by atoms with van der Waals surface area (Å²) < 4.78 is 0. The van der Waals surface area contributed by atoms with Gasteiger partial charge in [-0.25, -0.2) is 0 Å². The minimum absolute atomic E-state index is 0.0578. The Hall–Kier alpha value is -0.860. The van der Waals surface area contributed by atoms with Gasteiger partial charge in [0.05, 0.1) is 0 Å². The molecule has 0 unspecified atom stereocenters. The van der Waals surface area contributed by atoms with Crippen molar-refractivity contribution in [2.45, 2.75) is 26.7 Å². The molecule has 0 aromatic carbocycles. The van der Waals surface area contributed by atoms with Crippen LogP contribution in [0.4, 0.5) is 0 Å². The maximum atomic E-state index is 11.0. The van der Waals surface area contributed by atoms with E-state index >= 15 is 0 Å².